The maximum atomic E-state index is 13.3. The maximum absolute atomic E-state index is 13.3. The number of nitrogen functional groups attached to an aromatic ring is 1. The van der Waals surface area contributed by atoms with E-state index in [1.807, 2.05) is 0 Å². The van der Waals surface area contributed by atoms with E-state index in [1.165, 1.54) is 12.1 Å². The molecule has 0 spiro atoms. The molecule has 0 fully saturated rings. The molecule has 4 nitrogen and oxygen atoms in total. The number of benzene rings is 2. The van der Waals surface area contributed by atoms with Gasteiger partial charge in [-0.3, -0.25) is 0 Å². The largest absolute Gasteiger partial charge is 0.525 e. The van der Waals surface area contributed by atoms with Gasteiger partial charge in [-0.2, -0.15) is 8.78 Å². The molecule has 10 heteroatoms. The van der Waals surface area contributed by atoms with Gasteiger partial charge in [0.1, 0.15) is 17.2 Å². The van der Waals surface area contributed by atoms with Crippen LogP contribution in [0.2, 0.25) is 0 Å². The van der Waals surface area contributed by atoms with Crippen LogP contribution in [0.15, 0.2) is 48.5 Å². The molecule has 0 saturated heterocycles. The van der Waals surface area contributed by atoms with Gasteiger partial charge in [-0.1, -0.05) is 0 Å². The number of anilines is 1. The summed E-state index contributed by atoms with van der Waals surface area (Å²) in [4.78, 5) is 0. The molecule has 2 aromatic carbocycles. The molecule has 0 radical (unpaired) electrons. The minimum atomic E-state index is -5.57. The van der Waals surface area contributed by atoms with Crippen molar-refractivity contribution in [2.24, 2.45) is 0 Å². The average molecular weight is 367 g/mol. The number of halogens is 6. The minimum absolute atomic E-state index is 0.226. The van der Waals surface area contributed by atoms with Crippen LogP contribution in [0.3, 0.4) is 0 Å². The van der Waals surface area contributed by atoms with Crippen molar-refractivity contribution in [3.63, 3.8) is 0 Å². The Morgan fingerprint density at radius 3 is 1.68 bits per heavy atom. The van der Waals surface area contributed by atoms with Gasteiger partial charge in [0.15, 0.2) is 0 Å². The summed E-state index contributed by atoms with van der Waals surface area (Å²) in [7, 11) is 0. The van der Waals surface area contributed by atoms with Crippen LogP contribution >= 0.6 is 0 Å². The molecule has 0 aliphatic carbocycles. The molecule has 136 valence electrons. The van der Waals surface area contributed by atoms with Crippen LogP contribution < -0.4 is 15.2 Å². The molecule has 0 saturated carbocycles. The molecule has 25 heavy (non-hydrogen) atoms. The lowest BCUT2D eigenvalue weighted by atomic mass is 10.3. The van der Waals surface area contributed by atoms with Crippen LogP contribution in [0.5, 0.6) is 17.2 Å². The standard InChI is InChI=1S/C15H11F6NO3/c16-13(25-15(19,20)21)14(17,18)24-12-7-5-11(6-8-12)23-10-3-1-9(22)2-4-10/h1-8,13H,22H2. The number of hydrogen-bond acceptors (Lipinski definition) is 4. The van der Waals surface area contributed by atoms with E-state index in [0.717, 1.165) is 12.1 Å². The highest BCUT2D eigenvalue weighted by molar-refractivity contribution is 5.43. The van der Waals surface area contributed by atoms with Gasteiger partial charge in [-0.05, 0) is 48.5 Å². The van der Waals surface area contributed by atoms with Gasteiger partial charge < -0.3 is 15.2 Å². The molecule has 2 N–H and O–H groups in total. The molecule has 0 amide bonds. The first-order valence-electron chi connectivity index (χ1n) is 6.64. The molecular formula is C15H11F6NO3. The number of alkyl halides is 6. The van der Waals surface area contributed by atoms with Crippen LogP contribution in [-0.4, -0.2) is 18.8 Å². The highest BCUT2D eigenvalue weighted by atomic mass is 19.4. The van der Waals surface area contributed by atoms with Crippen molar-refractivity contribution in [3.05, 3.63) is 48.5 Å². The Bertz CT molecular complexity index is 688. The third kappa shape index (κ3) is 5.75. The van der Waals surface area contributed by atoms with E-state index in [0.29, 0.717) is 11.4 Å². The van der Waals surface area contributed by atoms with Crippen molar-refractivity contribution in [2.45, 2.75) is 18.8 Å². The lowest BCUT2D eigenvalue weighted by Gasteiger charge is -2.22. The molecule has 0 aromatic heterocycles. The predicted molar refractivity (Wildman–Crippen MR) is 75.0 cm³/mol. The lowest BCUT2D eigenvalue weighted by molar-refractivity contribution is -0.411. The van der Waals surface area contributed by atoms with Crippen LogP contribution in [-0.2, 0) is 4.74 Å². The van der Waals surface area contributed by atoms with Gasteiger partial charge in [0.05, 0.1) is 0 Å². The molecule has 0 aliphatic heterocycles. The summed E-state index contributed by atoms with van der Waals surface area (Å²) in [6.45, 7) is 0. The SMILES string of the molecule is Nc1ccc(Oc2ccc(OC(F)(F)C(F)OC(F)(F)F)cc2)cc1. The van der Waals surface area contributed by atoms with Crippen molar-refractivity contribution in [3.8, 4) is 17.2 Å². The third-order valence-corrected chi connectivity index (χ3v) is 2.69. The highest BCUT2D eigenvalue weighted by Gasteiger charge is 2.50. The van der Waals surface area contributed by atoms with Gasteiger partial charge >= 0.3 is 18.8 Å². The molecule has 2 aromatic rings. The quantitative estimate of drug-likeness (QED) is 0.585. The Kier molecular flexibility index (Phi) is 5.31. The van der Waals surface area contributed by atoms with Gasteiger partial charge in [-0.15, -0.1) is 13.2 Å². The molecular weight excluding hydrogens is 356 g/mol. The fraction of sp³-hybridized carbons (Fsp3) is 0.200. The third-order valence-electron chi connectivity index (χ3n) is 2.69. The van der Waals surface area contributed by atoms with Crippen LogP contribution in [0, 0.1) is 0 Å². The van der Waals surface area contributed by atoms with E-state index in [-0.39, 0.29) is 5.75 Å². The fourth-order valence-corrected chi connectivity index (χ4v) is 1.64. The Morgan fingerprint density at radius 1 is 0.760 bits per heavy atom. The summed E-state index contributed by atoms with van der Waals surface area (Å²) < 4.78 is 86.7. The first kappa shape index (κ1) is 18.7. The smallest absolute Gasteiger partial charge is 0.457 e. The van der Waals surface area contributed by atoms with Crippen LogP contribution in [0.4, 0.5) is 32.0 Å². The first-order valence-corrected chi connectivity index (χ1v) is 6.64. The second-order valence-electron chi connectivity index (χ2n) is 4.69. The minimum Gasteiger partial charge on any atom is -0.457 e. The zero-order valence-electron chi connectivity index (χ0n) is 12.3. The molecule has 0 aliphatic rings. The molecule has 0 heterocycles. The summed E-state index contributed by atoms with van der Waals surface area (Å²) in [5, 5.41) is 0. The van der Waals surface area contributed by atoms with Crippen molar-refractivity contribution >= 4 is 5.69 Å². The van der Waals surface area contributed by atoms with Crippen molar-refractivity contribution in [1.29, 1.82) is 0 Å². The zero-order chi connectivity index (χ0) is 18.7. The van der Waals surface area contributed by atoms with Crippen molar-refractivity contribution < 1.29 is 40.6 Å². The second-order valence-corrected chi connectivity index (χ2v) is 4.69. The first-order chi connectivity index (χ1) is 11.5. The average Bonchev–Trinajstić information content (AvgIpc) is 2.49. The van der Waals surface area contributed by atoms with E-state index >= 15 is 0 Å². The van der Waals surface area contributed by atoms with Crippen LogP contribution in [0.25, 0.3) is 0 Å². The monoisotopic (exact) mass is 367 g/mol. The second kappa shape index (κ2) is 7.09. The lowest BCUT2D eigenvalue weighted by Crippen LogP contribution is -2.41. The Hall–Kier alpha value is -2.62. The fourth-order valence-electron chi connectivity index (χ4n) is 1.64. The van der Waals surface area contributed by atoms with Crippen molar-refractivity contribution in [1.82, 2.24) is 0 Å². The Morgan fingerprint density at radius 2 is 1.20 bits per heavy atom. The van der Waals surface area contributed by atoms with E-state index in [4.69, 9.17) is 10.5 Å². The molecule has 0 bridgehead atoms. The van der Waals surface area contributed by atoms with E-state index < -0.39 is 24.6 Å². The van der Waals surface area contributed by atoms with E-state index in [2.05, 4.69) is 9.47 Å². The van der Waals surface area contributed by atoms with Crippen LogP contribution in [0.1, 0.15) is 0 Å². The van der Waals surface area contributed by atoms with Gasteiger partial charge in [0.2, 0.25) is 0 Å². The Labute approximate surface area is 137 Å². The summed E-state index contributed by atoms with van der Waals surface area (Å²) in [6, 6.07) is 10.7. The number of nitrogens with two attached hydrogens (primary N) is 1. The predicted octanol–water partition coefficient (Wildman–Crippen LogP) is 4.86. The van der Waals surface area contributed by atoms with Crippen molar-refractivity contribution in [2.75, 3.05) is 5.73 Å². The van der Waals surface area contributed by atoms with Gasteiger partial charge in [0.25, 0.3) is 0 Å². The highest BCUT2D eigenvalue weighted by Crippen LogP contribution is 2.32. The summed E-state index contributed by atoms with van der Waals surface area (Å²) in [5.41, 5.74) is 6.02. The topological polar surface area (TPSA) is 53.7 Å². The maximum Gasteiger partial charge on any atom is 0.525 e. The summed E-state index contributed by atoms with van der Waals surface area (Å²) >= 11 is 0. The van der Waals surface area contributed by atoms with E-state index in [1.54, 1.807) is 24.3 Å². The van der Waals surface area contributed by atoms with Gasteiger partial charge in [0, 0.05) is 5.69 Å². The molecule has 1 unspecified atom stereocenters. The number of rotatable bonds is 6. The normalized spacial score (nSPS) is 13.4. The summed E-state index contributed by atoms with van der Waals surface area (Å²) in [5.74, 6) is 0.0578. The Balaban J connectivity index is 2.00. The van der Waals surface area contributed by atoms with Gasteiger partial charge in [-0.25, -0.2) is 9.13 Å². The van der Waals surface area contributed by atoms with E-state index in [9.17, 15) is 26.3 Å². The zero-order valence-corrected chi connectivity index (χ0v) is 12.3. The number of hydrogen-bond donors (Lipinski definition) is 1. The number of ether oxygens (including phenoxy) is 3. The molecule has 1 atom stereocenters. The summed E-state index contributed by atoms with van der Waals surface area (Å²) in [6.07, 6.45) is -14.4. The molecule has 2 rings (SSSR count).